The summed E-state index contributed by atoms with van der Waals surface area (Å²) in [5, 5.41) is 0. The Bertz CT molecular complexity index is 344. The topological polar surface area (TPSA) is 0 Å². The van der Waals surface area contributed by atoms with Crippen molar-refractivity contribution in [2.24, 2.45) is 0 Å². The summed E-state index contributed by atoms with van der Waals surface area (Å²) >= 11 is 0. The minimum atomic E-state index is -3.08. The van der Waals surface area contributed by atoms with Gasteiger partial charge in [-0.1, -0.05) is 0 Å². The monoisotopic (exact) mass is 360 g/mol. The molecule has 0 radical (unpaired) electrons. The summed E-state index contributed by atoms with van der Waals surface area (Å²) in [5.74, 6) is 0. The van der Waals surface area contributed by atoms with Crippen molar-refractivity contribution in [3.63, 3.8) is 0 Å². The molecular weight excluding hydrogens is 345 g/mol. The van der Waals surface area contributed by atoms with Crippen molar-refractivity contribution in [2.75, 3.05) is 0 Å². The number of hydrogen-bond acceptors (Lipinski definition) is 0. The Morgan fingerprint density at radius 3 is 1.27 bits per heavy atom. The molecule has 2 aliphatic carbocycles. The second-order valence-corrected chi connectivity index (χ2v) is 3.30. The van der Waals surface area contributed by atoms with Crippen molar-refractivity contribution >= 4 is 12.4 Å². The summed E-state index contributed by atoms with van der Waals surface area (Å²) in [7, 11) is 0. The van der Waals surface area contributed by atoms with Crippen LogP contribution in [0.5, 0.6) is 0 Å². The second-order valence-electron chi connectivity index (χ2n) is 3.30. The fourth-order valence-electron chi connectivity index (χ4n) is 1.02. The largest absolute Gasteiger partial charge is 4.00 e. The first-order valence-electron chi connectivity index (χ1n) is 5.91. The fourth-order valence-corrected chi connectivity index (χ4v) is 1.02. The molecular formula is C17H16ClF3Ti. The van der Waals surface area contributed by atoms with E-state index in [2.05, 4.69) is 30.4 Å². The summed E-state index contributed by atoms with van der Waals surface area (Å²) in [6.45, 7) is -3.08. The molecule has 0 saturated heterocycles. The van der Waals surface area contributed by atoms with Crippen molar-refractivity contribution in [3.8, 4) is 0 Å². The van der Waals surface area contributed by atoms with E-state index in [-0.39, 0.29) is 34.1 Å². The van der Waals surface area contributed by atoms with Crippen LogP contribution >= 0.6 is 12.4 Å². The summed E-state index contributed by atoms with van der Waals surface area (Å²) in [5.41, 5.74) is 0. The molecule has 1 aromatic carbocycles. The van der Waals surface area contributed by atoms with Gasteiger partial charge < -0.3 is 13.2 Å². The van der Waals surface area contributed by atoms with Crippen molar-refractivity contribution in [2.45, 2.75) is 12.8 Å². The molecule has 0 atom stereocenters. The Morgan fingerprint density at radius 2 is 1.18 bits per heavy atom. The molecule has 0 amide bonds. The number of allylic oxidation sites excluding steroid dienone is 8. The van der Waals surface area contributed by atoms with Gasteiger partial charge in [0.15, 0.2) is 6.68 Å². The first-order valence-corrected chi connectivity index (χ1v) is 5.91. The Hall–Kier alpha value is -1.03. The van der Waals surface area contributed by atoms with Gasteiger partial charge in [0, 0.05) is 0 Å². The van der Waals surface area contributed by atoms with E-state index in [0.29, 0.717) is 0 Å². The summed E-state index contributed by atoms with van der Waals surface area (Å²) in [6.07, 6.45) is 20.0. The van der Waals surface area contributed by atoms with Crippen LogP contribution in [0.1, 0.15) is 12.8 Å². The molecule has 0 unspecified atom stereocenters. The smallest absolute Gasteiger partial charge is 0.385 e. The predicted octanol–water partition coefficient (Wildman–Crippen LogP) is 5.86. The zero-order valence-corrected chi connectivity index (χ0v) is 14.2. The van der Waals surface area contributed by atoms with Crippen molar-refractivity contribution in [1.29, 1.82) is 0 Å². The van der Waals surface area contributed by atoms with Crippen LogP contribution in [0, 0.1) is 24.9 Å². The van der Waals surface area contributed by atoms with Gasteiger partial charge in [0.1, 0.15) is 0 Å². The molecule has 0 N–H and O–H groups in total. The van der Waals surface area contributed by atoms with Crippen molar-refractivity contribution in [3.05, 3.63) is 91.7 Å². The third-order valence-electron chi connectivity index (χ3n) is 1.78. The van der Waals surface area contributed by atoms with E-state index >= 15 is 0 Å². The molecule has 0 nitrogen and oxygen atoms in total. The molecule has 3 rings (SSSR count). The average molecular weight is 361 g/mol. The fraction of sp³-hybridized carbons (Fsp3) is 0.118. The van der Waals surface area contributed by atoms with Crippen LogP contribution in [-0.4, -0.2) is 0 Å². The van der Waals surface area contributed by atoms with Gasteiger partial charge in [-0.25, -0.2) is 24.3 Å². The van der Waals surface area contributed by atoms with Crippen molar-refractivity contribution in [1.82, 2.24) is 0 Å². The maximum absolute atomic E-state index is 9.58. The summed E-state index contributed by atoms with van der Waals surface area (Å²) in [4.78, 5) is 0. The Labute approximate surface area is 151 Å². The molecule has 1 aromatic rings. The molecule has 0 aliphatic heterocycles. The van der Waals surface area contributed by atoms with Crippen molar-refractivity contribution < 1.29 is 34.9 Å². The first kappa shape index (κ1) is 25.9. The molecule has 0 saturated carbocycles. The van der Waals surface area contributed by atoms with E-state index in [9.17, 15) is 13.2 Å². The number of rotatable bonds is 0. The number of benzene rings is 1. The zero-order chi connectivity index (χ0) is 14.9. The van der Waals surface area contributed by atoms with Crippen LogP contribution in [-0.2, 0) is 21.7 Å². The standard InChI is InChI=1S/C6H5.2C5H5.CF3.ClH.Ti/c1-2-4-6-5-3-1;2*1-2-4-5-3-1;2-1(3)4;;/h1-5H;2*1-3H,4H2;;1H;/q4*-1;;+4. The molecule has 0 aromatic heterocycles. The first-order chi connectivity index (χ1) is 9.73. The second kappa shape index (κ2) is 22.3. The van der Waals surface area contributed by atoms with E-state index in [1.165, 1.54) is 0 Å². The van der Waals surface area contributed by atoms with Gasteiger partial charge in [-0.2, -0.15) is 48.6 Å². The van der Waals surface area contributed by atoms with Gasteiger partial charge >= 0.3 is 21.7 Å². The van der Waals surface area contributed by atoms with E-state index in [1.807, 2.05) is 54.6 Å². The molecule has 0 heterocycles. The van der Waals surface area contributed by atoms with Gasteiger partial charge in [0.05, 0.1) is 0 Å². The van der Waals surface area contributed by atoms with Gasteiger partial charge in [0.2, 0.25) is 0 Å². The Balaban J connectivity index is -0.000000215. The zero-order valence-electron chi connectivity index (χ0n) is 11.8. The predicted molar refractivity (Wildman–Crippen MR) is 82.2 cm³/mol. The van der Waals surface area contributed by atoms with Crippen LogP contribution < -0.4 is 0 Å². The minimum absolute atomic E-state index is 0. The minimum Gasteiger partial charge on any atom is -0.385 e. The molecule has 116 valence electrons. The molecule has 22 heavy (non-hydrogen) atoms. The maximum Gasteiger partial charge on any atom is 4.00 e. The third kappa shape index (κ3) is 27.3. The van der Waals surface area contributed by atoms with Gasteiger partial charge in [-0.05, 0) is 0 Å². The van der Waals surface area contributed by atoms with E-state index in [1.54, 1.807) is 0 Å². The molecule has 5 heteroatoms. The van der Waals surface area contributed by atoms with Crippen LogP contribution in [0.3, 0.4) is 0 Å². The van der Waals surface area contributed by atoms with Crippen LogP contribution in [0.25, 0.3) is 0 Å². The van der Waals surface area contributed by atoms with Gasteiger partial charge in [-0.3, -0.25) is 12.2 Å². The van der Waals surface area contributed by atoms with Crippen LogP contribution in [0.2, 0.25) is 0 Å². The Morgan fingerprint density at radius 1 is 0.773 bits per heavy atom. The van der Waals surface area contributed by atoms with Gasteiger partial charge in [-0.15, -0.1) is 25.2 Å². The van der Waals surface area contributed by atoms with Crippen LogP contribution in [0.15, 0.2) is 66.8 Å². The SMILES string of the molecule is Cl.F[C-](F)F.[C-]1=CC=CC1.[C-]1=CC=CC1.[Ti+4].[c-]1ccccc1. The number of hydrogen-bond donors (Lipinski definition) is 0. The van der Waals surface area contributed by atoms with E-state index < -0.39 is 6.68 Å². The Kier molecular flexibility index (Phi) is 26.2. The molecule has 0 bridgehead atoms. The average Bonchev–Trinajstić information content (AvgIpc) is 3.19. The molecule has 0 fully saturated rings. The van der Waals surface area contributed by atoms with E-state index in [0.717, 1.165) is 12.8 Å². The quantitative estimate of drug-likeness (QED) is 0.401. The van der Waals surface area contributed by atoms with Crippen LogP contribution in [0.4, 0.5) is 13.2 Å². The van der Waals surface area contributed by atoms with E-state index in [4.69, 9.17) is 0 Å². The normalized spacial score (nSPS) is 11.8. The van der Waals surface area contributed by atoms with Gasteiger partial charge in [0.25, 0.3) is 0 Å². The molecule has 0 spiro atoms. The molecule has 2 aliphatic rings. The summed E-state index contributed by atoms with van der Waals surface area (Å²) in [6, 6.07) is 12.5. The summed E-state index contributed by atoms with van der Waals surface area (Å²) < 4.78 is 28.8. The third-order valence-corrected chi connectivity index (χ3v) is 1.78. The maximum atomic E-state index is 9.58. The number of halogens is 4.